The average molecular weight is 301 g/mol. The molecule has 0 amide bonds. The first-order chi connectivity index (χ1) is 10.8. The third kappa shape index (κ3) is 4.03. The van der Waals surface area contributed by atoms with Crippen molar-refractivity contribution in [3.05, 3.63) is 17.3 Å². The summed E-state index contributed by atoms with van der Waals surface area (Å²) in [6.07, 6.45) is 12.6. The molecular weight excluding hydrogens is 279 g/mol. The van der Waals surface area contributed by atoms with E-state index in [1.165, 1.54) is 39.5 Å². The van der Waals surface area contributed by atoms with Crippen LogP contribution in [-0.4, -0.2) is 42.7 Å². The molecule has 0 unspecified atom stereocenters. The van der Waals surface area contributed by atoms with Gasteiger partial charge in [-0.05, 0) is 31.1 Å². The maximum Gasteiger partial charge on any atom is 0.377 e. The van der Waals surface area contributed by atoms with Gasteiger partial charge in [0.15, 0.2) is 0 Å². The lowest BCUT2D eigenvalue weighted by molar-refractivity contribution is -0.0396. The maximum absolute atomic E-state index is 10.2. The Hall–Kier alpha value is -1.50. The van der Waals surface area contributed by atoms with E-state index in [0.717, 1.165) is 31.9 Å². The molecule has 1 aliphatic heterocycles. The Morgan fingerprint density at radius 1 is 1.05 bits per heavy atom. The topological polar surface area (TPSA) is 67.7 Å². The van der Waals surface area contributed by atoms with Crippen LogP contribution in [-0.2, 0) is 4.74 Å². The van der Waals surface area contributed by atoms with Crippen LogP contribution in [0, 0.1) is 4.91 Å². The molecule has 1 aliphatic carbocycles. The highest BCUT2D eigenvalue weighted by molar-refractivity contribution is 6.51. The van der Waals surface area contributed by atoms with Gasteiger partial charge in [-0.3, -0.25) is 0 Å². The van der Waals surface area contributed by atoms with Crippen molar-refractivity contribution >= 4 is 18.8 Å². The van der Waals surface area contributed by atoms with Gasteiger partial charge in [-0.25, -0.2) is 9.97 Å². The molecule has 22 heavy (non-hydrogen) atoms. The number of rotatable bonds is 5. The van der Waals surface area contributed by atoms with E-state index in [1.807, 2.05) is 0 Å². The lowest BCUT2D eigenvalue weighted by Crippen LogP contribution is -2.39. The lowest BCUT2D eigenvalue weighted by atomic mass is 9.88. The number of hydrogen-bond acceptors (Lipinski definition) is 6. The Morgan fingerprint density at radius 3 is 2.32 bits per heavy atom. The molecule has 117 valence electrons. The quantitative estimate of drug-likeness (QED) is 0.613. The van der Waals surface area contributed by atoms with Crippen LogP contribution in [0.1, 0.15) is 44.9 Å². The summed E-state index contributed by atoms with van der Waals surface area (Å²) in [4.78, 5) is 21.0. The summed E-state index contributed by atoms with van der Waals surface area (Å²) < 4.78 is 6.25. The SMILES string of the molecule is O=N[B]c1cnc(N2CCC(OC3CCCCC3)CC2)nc1. The second-order valence-corrected chi connectivity index (χ2v) is 6.13. The van der Waals surface area contributed by atoms with Crippen molar-refractivity contribution in [1.82, 2.24) is 9.97 Å². The third-order valence-corrected chi connectivity index (χ3v) is 4.52. The van der Waals surface area contributed by atoms with E-state index in [1.54, 1.807) is 12.4 Å². The van der Waals surface area contributed by atoms with Crippen LogP contribution < -0.4 is 10.4 Å². The van der Waals surface area contributed by atoms with Crippen LogP contribution in [0.2, 0.25) is 0 Å². The van der Waals surface area contributed by atoms with Crippen LogP contribution >= 0.6 is 0 Å². The number of aromatic nitrogens is 2. The molecule has 0 aromatic carbocycles. The van der Waals surface area contributed by atoms with Crippen molar-refractivity contribution in [2.75, 3.05) is 18.0 Å². The fraction of sp³-hybridized carbons (Fsp3) is 0.733. The molecule has 2 aliphatic rings. The predicted molar refractivity (Wildman–Crippen MR) is 86.4 cm³/mol. The summed E-state index contributed by atoms with van der Waals surface area (Å²) in [5.41, 5.74) is 0.634. The Bertz CT molecular complexity index is 471. The van der Waals surface area contributed by atoms with Crippen molar-refractivity contribution in [2.45, 2.75) is 57.2 Å². The molecule has 3 rings (SSSR count). The zero-order valence-electron chi connectivity index (χ0n) is 12.9. The largest absolute Gasteiger partial charge is 0.377 e. The van der Waals surface area contributed by atoms with Crippen LogP contribution in [0.15, 0.2) is 17.5 Å². The van der Waals surface area contributed by atoms with Crippen LogP contribution in [0.4, 0.5) is 5.95 Å². The minimum Gasteiger partial charge on any atom is -0.375 e. The predicted octanol–water partition coefficient (Wildman–Crippen LogP) is 1.81. The first kappa shape index (κ1) is 15.4. The molecule has 1 aromatic rings. The summed E-state index contributed by atoms with van der Waals surface area (Å²) >= 11 is 0. The van der Waals surface area contributed by atoms with Crippen molar-refractivity contribution < 1.29 is 4.74 Å². The van der Waals surface area contributed by atoms with Gasteiger partial charge in [-0.2, -0.15) is 4.91 Å². The molecular formula is C15H22BN4O2. The van der Waals surface area contributed by atoms with E-state index in [-0.39, 0.29) is 0 Å². The zero-order valence-corrected chi connectivity index (χ0v) is 12.9. The van der Waals surface area contributed by atoms with E-state index in [0.29, 0.717) is 17.7 Å². The number of hydrogen-bond donors (Lipinski definition) is 0. The van der Waals surface area contributed by atoms with E-state index in [2.05, 4.69) is 20.0 Å². The Morgan fingerprint density at radius 2 is 1.68 bits per heavy atom. The summed E-state index contributed by atoms with van der Waals surface area (Å²) in [5.74, 6) is 0.721. The van der Waals surface area contributed by atoms with Crippen molar-refractivity contribution in [3.63, 3.8) is 0 Å². The number of ether oxygens (including phenoxy) is 1. The molecule has 1 saturated carbocycles. The average Bonchev–Trinajstić information content (AvgIpc) is 2.58. The highest BCUT2D eigenvalue weighted by Crippen LogP contribution is 2.25. The molecule has 2 fully saturated rings. The van der Waals surface area contributed by atoms with Crippen LogP contribution in [0.25, 0.3) is 0 Å². The number of anilines is 1. The van der Waals surface area contributed by atoms with E-state index < -0.39 is 0 Å². The minimum atomic E-state index is 0.381. The molecule has 6 nitrogen and oxygen atoms in total. The fourth-order valence-electron chi connectivity index (χ4n) is 3.29. The molecule has 2 heterocycles. The molecule has 1 radical (unpaired) electrons. The number of piperidine rings is 1. The van der Waals surface area contributed by atoms with Gasteiger partial charge in [0.1, 0.15) is 0 Å². The normalized spacial score (nSPS) is 20.8. The number of nitroso groups, excluding NO2 is 1. The minimum absolute atomic E-state index is 0.381. The van der Waals surface area contributed by atoms with E-state index >= 15 is 0 Å². The second-order valence-electron chi connectivity index (χ2n) is 6.13. The molecule has 1 saturated heterocycles. The molecule has 0 bridgehead atoms. The molecule has 0 N–H and O–H groups in total. The van der Waals surface area contributed by atoms with Gasteiger partial charge in [0, 0.05) is 25.5 Å². The summed E-state index contributed by atoms with van der Waals surface area (Å²) in [7, 11) is 1.22. The Balaban J connectivity index is 1.47. The second kappa shape index (κ2) is 7.67. The highest BCUT2D eigenvalue weighted by atomic mass is 16.5. The van der Waals surface area contributed by atoms with Gasteiger partial charge >= 0.3 is 7.41 Å². The summed E-state index contributed by atoms with van der Waals surface area (Å²) in [5, 5.41) is 2.73. The first-order valence-corrected chi connectivity index (χ1v) is 8.23. The Labute approximate surface area is 131 Å². The van der Waals surface area contributed by atoms with E-state index in [4.69, 9.17) is 4.74 Å². The molecule has 0 atom stereocenters. The summed E-state index contributed by atoms with van der Waals surface area (Å²) in [6, 6.07) is 0. The molecule has 0 spiro atoms. The van der Waals surface area contributed by atoms with Gasteiger partial charge in [0.2, 0.25) is 5.95 Å². The maximum atomic E-state index is 10.2. The van der Waals surface area contributed by atoms with Gasteiger partial charge in [-0.1, -0.05) is 19.3 Å². The van der Waals surface area contributed by atoms with E-state index in [9.17, 15) is 4.91 Å². The van der Waals surface area contributed by atoms with Crippen LogP contribution in [0.3, 0.4) is 0 Å². The van der Waals surface area contributed by atoms with Gasteiger partial charge in [-0.15, -0.1) is 5.09 Å². The standard InChI is InChI=1S/C15H22BN4O2/c21-19-16-12-10-17-15(18-11-12)20-8-6-14(7-9-20)22-13-4-2-1-3-5-13/h10-11,13-14H,1-9H2. The number of nitrogens with zero attached hydrogens (tertiary/aromatic N) is 4. The summed E-state index contributed by atoms with van der Waals surface area (Å²) in [6.45, 7) is 1.85. The zero-order chi connectivity index (χ0) is 15.2. The van der Waals surface area contributed by atoms with Crippen molar-refractivity contribution in [2.24, 2.45) is 5.09 Å². The molecule has 1 aromatic heterocycles. The fourth-order valence-corrected chi connectivity index (χ4v) is 3.29. The third-order valence-electron chi connectivity index (χ3n) is 4.52. The molecule has 7 heteroatoms. The van der Waals surface area contributed by atoms with Gasteiger partial charge in [0.25, 0.3) is 0 Å². The van der Waals surface area contributed by atoms with Gasteiger partial charge < -0.3 is 9.64 Å². The Kier molecular flexibility index (Phi) is 5.37. The van der Waals surface area contributed by atoms with Crippen LogP contribution in [0.5, 0.6) is 0 Å². The highest BCUT2D eigenvalue weighted by Gasteiger charge is 2.24. The lowest BCUT2D eigenvalue weighted by Gasteiger charge is -2.34. The first-order valence-electron chi connectivity index (χ1n) is 8.23. The monoisotopic (exact) mass is 301 g/mol. The van der Waals surface area contributed by atoms with Gasteiger partial charge in [0.05, 0.1) is 12.2 Å². The van der Waals surface area contributed by atoms with Crippen molar-refractivity contribution in [3.8, 4) is 0 Å². The van der Waals surface area contributed by atoms with Crippen molar-refractivity contribution in [1.29, 1.82) is 0 Å². The smallest absolute Gasteiger partial charge is 0.375 e.